The molecule has 1 aromatic heterocycles. The van der Waals surface area contributed by atoms with Crippen molar-refractivity contribution in [3.05, 3.63) is 59.7 Å². The maximum absolute atomic E-state index is 12.2. The van der Waals surface area contributed by atoms with E-state index in [0.29, 0.717) is 5.13 Å². The molecule has 0 fully saturated rings. The van der Waals surface area contributed by atoms with Gasteiger partial charge in [0.25, 0.3) is 5.91 Å². The first-order valence-electron chi connectivity index (χ1n) is 6.63. The topological polar surface area (TPSA) is 75.1 Å². The van der Waals surface area contributed by atoms with E-state index in [9.17, 15) is 9.90 Å². The Bertz CT molecular complexity index is 815. The third-order valence-corrected chi connectivity index (χ3v) is 3.95. The zero-order valence-corrected chi connectivity index (χ0v) is 12.6. The van der Waals surface area contributed by atoms with Gasteiger partial charge in [-0.2, -0.15) is 0 Å². The van der Waals surface area contributed by atoms with Crippen molar-refractivity contribution in [2.75, 3.05) is 5.32 Å². The molecule has 22 heavy (non-hydrogen) atoms. The van der Waals surface area contributed by atoms with Crippen molar-refractivity contribution in [2.45, 2.75) is 6.92 Å². The lowest BCUT2D eigenvalue weighted by molar-refractivity contribution is 0.102. The maximum Gasteiger partial charge on any atom is 0.261 e. The van der Waals surface area contributed by atoms with Crippen LogP contribution in [0.25, 0.3) is 10.6 Å². The lowest BCUT2D eigenvalue weighted by Crippen LogP contribution is -2.11. The first-order valence-corrected chi connectivity index (χ1v) is 7.45. The van der Waals surface area contributed by atoms with Gasteiger partial charge in [-0.25, -0.2) is 0 Å². The molecule has 0 atom stereocenters. The number of hydrogen-bond donors (Lipinski definition) is 2. The summed E-state index contributed by atoms with van der Waals surface area (Å²) in [7, 11) is 0. The highest BCUT2D eigenvalue weighted by Gasteiger charge is 2.14. The van der Waals surface area contributed by atoms with Gasteiger partial charge in [0.15, 0.2) is 0 Å². The van der Waals surface area contributed by atoms with Gasteiger partial charge in [0, 0.05) is 5.56 Å². The Balaban J connectivity index is 1.79. The molecule has 0 radical (unpaired) electrons. The highest BCUT2D eigenvalue weighted by molar-refractivity contribution is 7.18. The summed E-state index contributed by atoms with van der Waals surface area (Å²) in [5.41, 5.74) is 2.04. The van der Waals surface area contributed by atoms with Crippen LogP contribution in [-0.2, 0) is 0 Å². The van der Waals surface area contributed by atoms with Crippen LogP contribution in [0.3, 0.4) is 0 Å². The van der Waals surface area contributed by atoms with Gasteiger partial charge in [0.1, 0.15) is 10.8 Å². The standard InChI is InChI=1S/C16H13N3O2S/c1-10-7-8-12(13(20)9-10)14(21)17-16-19-18-15(22-16)11-5-3-2-4-6-11/h2-9,20H,1H3,(H,17,19,21). The summed E-state index contributed by atoms with van der Waals surface area (Å²) in [5, 5.41) is 21.6. The monoisotopic (exact) mass is 311 g/mol. The number of hydrogen-bond acceptors (Lipinski definition) is 5. The number of aryl methyl sites for hydroxylation is 1. The van der Waals surface area contributed by atoms with Crippen molar-refractivity contribution >= 4 is 22.4 Å². The fraction of sp³-hybridized carbons (Fsp3) is 0.0625. The quantitative estimate of drug-likeness (QED) is 0.776. The van der Waals surface area contributed by atoms with E-state index in [4.69, 9.17) is 0 Å². The van der Waals surface area contributed by atoms with Crippen molar-refractivity contribution in [2.24, 2.45) is 0 Å². The van der Waals surface area contributed by atoms with Gasteiger partial charge in [-0.05, 0) is 24.6 Å². The number of aromatic nitrogens is 2. The molecule has 0 aliphatic carbocycles. The minimum atomic E-state index is -0.409. The molecule has 2 N–H and O–H groups in total. The molecular formula is C16H13N3O2S. The average Bonchev–Trinajstić information content (AvgIpc) is 2.96. The summed E-state index contributed by atoms with van der Waals surface area (Å²) in [6.45, 7) is 1.85. The van der Waals surface area contributed by atoms with Crippen LogP contribution in [0.4, 0.5) is 5.13 Å². The average molecular weight is 311 g/mol. The van der Waals surface area contributed by atoms with Crippen molar-refractivity contribution in [3.8, 4) is 16.3 Å². The highest BCUT2D eigenvalue weighted by Crippen LogP contribution is 2.27. The molecule has 5 nitrogen and oxygen atoms in total. The predicted octanol–water partition coefficient (Wildman–Crippen LogP) is 3.47. The van der Waals surface area contributed by atoms with E-state index in [0.717, 1.165) is 16.1 Å². The second-order valence-corrected chi connectivity index (χ2v) is 5.73. The Labute approximate surface area is 131 Å². The molecular weight excluding hydrogens is 298 g/mol. The van der Waals surface area contributed by atoms with Crippen LogP contribution in [0.5, 0.6) is 5.75 Å². The number of phenols is 1. The Kier molecular flexibility index (Phi) is 3.84. The summed E-state index contributed by atoms with van der Waals surface area (Å²) in [5.74, 6) is -0.460. The molecule has 0 aliphatic heterocycles. The molecule has 6 heteroatoms. The molecule has 1 heterocycles. The molecule has 0 saturated heterocycles. The normalized spacial score (nSPS) is 10.4. The highest BCUT2D eigenvalue weighted by atomic mass is 32.1. The molecule has 110 valence electrons. The Hall–Kier alpha value is -2.73. The number of nitrogens with zero attached hydrogens (tertiary/aromatic N) is 2. The number of anilines is 1. The molecule has 0 aliphatic rings. The zero-order valence-electron chi connectivity index (χ0n) is 11.8. The van der Waals surface area contributed by atoms with Crippen molar-refractivity contribution in [1.82, 2.24) is 10.2 Å². The summed E-state index contributed by atoms with van der Waals surface area (Å²) >= 11 is 1.28. The fourth-order valence-corrected chi connectivity index (χ4v) is 2.71. The van der Waals surface area contributed by atoms with Crippen molar-refractivity contribution in [1.29, 1.82) is 0 Å². The van der Waals surface area contributed by atoms with Crippen LogP contribution in [0, 0.1) is 6.92 Å². The van der Waals surface area contributed by atoms with E-state index < -0.39 is 5.91 Å². The largest absolute Gasteiger partial charge is 0.507 e. The minimum Gasteiger partial charge on any atom is -0.507 e. The van der Waals surface area contributed by atoms with E-state index in [2.05, 4.69) is 15.5 Å². The SMILES string of the molecule is Cc1ccc(C(=O)Nc2nnc(-c3ccccc3)s2)c(O)c1. The third kappa shape index (κ3) is 2.96. The van der Waals surface area contributed by atoms with Gasteiger partial charge in [-0.1, -0.05) is 47.7 Å². The molecule has 0 spiro atoms. The smallest absolute Gasteiger partial charge is 0.261 e. The van der Waals surface area contributed by atoms with Crippen molar-refractivity contribution < 1.29 is 9.90 Å². The lowest BCUT2D eigenvalue weighted by atomic mass is 10.1. The molecule has 3 aromatic rings. The van der Waals surface area contributed by atoms with Crippen LogP contribution < -0.4 is 5.32 Å². The van der Waals surface area contributed by atoms with Crippen LogP contribution in [0.2, 0.25) is 0 Å². The van der Waals surface area contributed by atoms with E-state index in [-0.39, 0.29) is 11.3 Å². The number of carbonyl (C=O) groups is 1. The second-order valence-electron chi connectivity index (χ2n) is 4.75. The van der Waals surface area contributed by atoms with Gasteiger partial charge in [0.05, 0.1) is 5.56 Å². The Morgan fingerprint density at radius 1 is 1.14 bits per heavy atom. The van der Waals surface area contributed by atoms with Crippen molar-refractivity contribution in [3.63, 3.8) is 0 Å². The molecule has 3 rings (SSSR count). The third-order valence-electron chi connectivity index (χ3n) is 3.06. The Morgan fingerprint density at radius 2 is 1.91 bits per heavy atom. The number of nitrogens with one attached hydrogen (secondary N) is 1. The summed E-state index contributed by atoms with van der Waals surface area (Å²) in [6.07, 6.45) is 0. The van der Waals surface area contributed by atoms with Crippen LogP contribution >= 0.6 is 11.3 Å². The number of amides is 1. The van der Waals surface area contributed by atoms with E-state index in [1.54, 1.807) is 18.2 Å². The fourth-order valence-electron chi connectivity index (χ4n) is 1.97. The summed E-state index contributed by atoms with van der Waals surface area (Å²) in [6, 6.07) is 14.5. The van der Waals surface area contributed by atoms with Gasteiger partial charge in [0.2, 0.25) is 5.13 Å². The molecule has 1 amide bonds. The molecule has 0 unspecified atom stereocenters. The van der Waals surface area contributed by atoms with E-state index >= 15 is 0 Å². The first-order chi connectivity index (χ1) is 10.6. The number of aromatic hydroxyl groups is 1. The number of rotatable bonds is 3. The first kappa shape index (κ1) is 14.2. The number of carbonyl (C=O) groups excluding carboxylic acids is 1. The van der Waals surface area contributed by atoms with Crippen LogP contribution in [0.1, 0.15) is 15.9 Å². The predicted molar refractivity (Wildman–Crippen MR) is 86.1 cm³/mol. The number of phenolic OH excluding ortho intramolecular Hbond substituents is 1. The molecule has 0 bridgehead atoms. The Morgan fingerprint density at radius 3 is 2.64 bits per heavy atom. The molecule has 2 aromatic carbocycles. The van der Waals surface area contributed by atoms with Gasteiger partial charge >= 0.3 is 0 Å². The van der Waals surface area contributed by atoms with E-state index in [1.165, 1.54) is 11.3 Å². The lowest BCUT2D eigenvalue weighted by Gasteiger charge is -2.04. The van der Waals surface area contributed by atoms with Gasteiger partial charge in [-0.3, -0.25) is 10.1 Å². The van der Waals surface area contributed by atoms with Gasteiger partial charge in [-0.15, -0.1) is 10.2 Å². The van der Waals surface area contributed by atoms with E-state index in [1.807, 2.05) is 37.3 Å². The second kappa shape index (κ2) is 5.95. The van der Waals surface area contributed by atoms with Gasteiger partial charge < -0.3 is 5.11 Å². The maximum atomic E-state index is 12.2. The zero-order chi connectivity index (χ0) is 15.5. The molecule has 0 saturated carbocycles. The summed E-state index contributed by atoms with van der Waals surface area (Å²) in [4.78, 5) is 12.2. The minimum absolute atomic E-state index is 0.0506. The summed E-state index contributed by atoms with van der Waals surface area (Å²) < 4.78 is 0. The number of benzene rings is 2. The van der Waals surface area contributed by atoms with Crippen LogP contribution in [0.15, 0.2) is 48.5 Å². The van der Waals surface area contributed by atoms with Crippen LogP contribution in [-0.4, -0.2) is 21.2 Å².